The average molecular weight is 374 g/mol. The van der Waals surface area contributed by atoms with Crippen molar-refractivity contribution in [1.29, 1.82) is 0 Å². The van der Waals surface area contributed by atoms with Gasteiger partial charge >= 0.3 is 0 Å². The van der Waals surface area contributed by atoms with E-state index in [1.54, 1.807) is 11.3 Å². The van der Waals surface area contributed by atoms with Gasteiger partial charge in [0, 0.05) is 23.0 Å². The summed E-state index contributed by atoms with van der Waals surface area (Å²) < 4.78 is 1.11. The van der Waals surface area contributed by atoms with Crippen molar-refractivity contribution >= 4 is 57.8 Å². The number of carbonyl (C=O) groups excluding carboxylic acids is 1. The van der Waals surface area contributed by atoms with E-state index in [0.29, 0.717) is 12.0 Å². The molecule has 0 spiro atoms. The molecule has 3 N–H and O–H groups in total. The van der Waals surface area contributed by atoms with E-state index in [1.165, 1.54) is 25.9 Å². The molecule has 0 aliphatic carbocycles. The second-order valence-electron chi connectivity index (χ2n) is 6.13. The maximum Gasteiger partial charge on any atom is 0.261 e. The summed E-state index contributed by atoms with van der Waals surface area (Å²) in [5, 5.41) is 4.30. The van der Waals surface area contributed by atoms with Crippen LogP contribution in [0.5, 0.6) is 0 Å². The van der Waals surface area contributed by atoms with Gasteiger partial charge in [-0.15, -0.1) is 36.2 Å². The molecular weight excluding hydrogens is 353 g/mol. The zero-order chi connectivity index (χ0) is 14.4. The Bertz CT molecular complexity index is 698. The fourth-order valence-electron chi connectivity index (χ4n) is 3.54. The molecule has 4 nitrogen and oxygen atoms in total. The van der Waals surface area contributed by atoms with Gasteiger partial charge in [0.25, 0.3) is 5.91 Å². The Kier molecular flexibility index (Phi) is 5.79. The number of nitrogen functional groups attached to an aromatic ring is 1. The van der Waals surface area contributed by atoms with Crippen LogP contribution in [-0.2, 0) is 0 Å². The number of rotatable bonds is 2. The minimum absolute atomic E-state index is 0. The van der Waals surface area contributed by atoms with Crippen molar-refractivity contribution < 1.29 is 4.79 Å². The van der Waals surface area contributed by atoms with E-state index < -0.39 is 0 Å². The van der Waals surface area contributed by atoms with Crippen LogP contribution in [0.4, 0.5) is 5.69 Å². The molecule has 7 heteroatoms. The highest BCUT2D eigenvalue weighted by Gasteiger charge is 2.35. The predicted octanol–water partition coefficient (Wildman–Crippen LogP) is 3.15. The molecule has 3 aliphatic heterocycles. The third-order valence-corrected chi connectivity index (χ3v) is 5.85. The predicted molar refractivity (Wildman–Crippen MR) is 101 cm³/mol. The molecule has 5 rings (SSSR count). The normalized spacial score (nSPS) is 25.5. The Hall–Kier alpha value is -1.01. The Morgan fingerprint density at radius 3 is 2.61 bits per heavy atom. The van der Waals surface area contributed by atoms with Gasteiger partial charge in [0.1, 0.15) is 0 Å². The van der Waals surface area contributed by atoms with E-state index in [1.807, 2.05) is 24.3 Å². The number of halogens is 2. The molecule has 23 heavy (non-hydrogen) atoms. The number of benzene rings is 1. The molecular formula is C16H21Cl2N3OS. The number of thiophene rings is 1. The molecule has 2 bridgehead atoms. The van der Waals surface area contributed by atoms with Crippen molar-refractivity contribution in [2.45, 2.75) is 18.9 Å². The molecule has 0 saturated carbocycles. The lowest BCUT2D eigenvalue weighted by Crippen LogP contribution is -2.57. The zero-order valence-electron chi connectivity index (χ0n) is 12.7. The molecule has 126 valence electrons. The molecule has 4 heterocycles. The Morgan fingerprint density at radius 1 is 1.22 bits per heavy atom. The molecule has 1 aromatic carbocycles. The van der Waals surface area contributed by atoms with Gasteiger partial charge in [-0.3, -0.25) is 4.79 Å². The number of nitrogens with two attached hydrogens (primary N) is 1. The summed E-state index contributed by atoms with van der Waals surface area (Å²) in [4.78, 5) is 15.7. The molecule has 3 fully saturated rings. The monoisotopic (exact) mass is 373 g/mol. The number of hydrogen-bond acceptors (Lipinski definition) is 4. The minimum Gasteiger partial charge on any atom is -0.399 e. The van der Waals surface area contributed by atoms with Crippen LogP contribution in [-0.4, -0.2) is 36.5 Å². The number of piperidine rings is 3. The number of hydrogen-bond donors (Lipinski definition) is 2. The van der Waals surface area contributed by atoms with Gasteiger partial charge in [0.2, 0.25) is 0 Å². The highest BCUT2D eigenvalue weighted by Crippen LogP contribution is 2.30. The third kappa shape index (κ3) is 3.58. The number of nitrogens with one attached hydrogen (secondary N) is 1. The lowest BCUT2D eigenvalue weighted by atomic mass is 9.84. The topological polar surface area (TPSA) is 58.4 Å². The smallest absolute Gasteiger partial charge is 0.261 e. The van der Waals surface area contributed by atoms with E-state index in [2.05, 4.69) is 10.2 Å². The summed E-state index contributed by atoms with van der Waals surface area (Å²) in [7, 11) is 0. The average Bonchev–Trinajstić information content (AvgIpc) is 2.91. The van der Waals surface area contributed by atoms with Gasteiger partial charge in [-0.25, -0.2) is 0 Å². The molecule has 0 radical (unpaired) electrons. The highest BCUT2D eigenvalue weighted by molar-refractivity contribution is 7.20. The van der Waals surface area contributed by atoms with Crippen molar-refractivity contribution in [3.8, 4) is 0 Å². The van der Waals surface area contributed by atoms with E-state index in [9.17, 15) is 4.79 Å². The summed E-state index contributed by atoms with van der Waals surface area (Å²) in [6, 6.07) is 8.06. The highest BCUT2D eigenvalue weighted by atomic mass is 35.5. The van der Waals surface area contributed by atoms with E-state index in [0.717, 1.165) is 27.2 Å². The second kappa shape index (κ2) is 7.26. The number of carbonyl (C=O) groups is 1. The summed E-state index contributed by atoms with van der Waals surface area (Å²) in [5.74, 6) is 0.720. The van der Waals surface area contributed by atoms with E-state index in [4.69, 9.17) is 5.73 Å². The zero-order valence-corrected chi connectivity index (χ0v) is 15.1. The van der Waals surface area contributed by atoms with Crippen LogP contribution in [0.15, 0.2) is 24.3 Å². The van der Waals surface area contributed by atoms with Gasteiger partial charge < -0.3 is 16.0 Å². The Labute approximate surface area is 152 Å². The van der Waals surface area contributed by atoms with Gasteiger partial charge in [0.15, 0.2) is 0 Å². The SMILES string of the molecule is Cl.Cl.Nc1ccc2sc(C(=O)NC3CN4CCC3CC4)cc2c1. The summed E-state index contributed by atoms with van der Waals surface area (Å²) >= 11 is 1.54. The van der Waals surface area contributed by atoms with Gasteiger partial charge in [-0.1, -0.05) is 0 Å². The van der Waals surface area contributed by atoms with Crippen LogP contribution in [0, 0.1) is 5.92 Å². The van der Waals surface area contributed by atoms with Crippen molar-refractivity contribution in [3.05, 3.63) is 29.1 Å². The van der Waals surface area contributed by atoms with Crippen LogP contribution in [0.2, 0.25) is 0 Å². The molecule has 1 unspecified atom stereocenters. The third-order valence-electron chi connectivity index (χ3n) is 4.74. The number of fused-ring (bicyclic) bond motifs is 4. The minimum atomic E-state index is 0. The standard InChI is InChI=1S/C16H19N3OS.2ClH/c17-12-1-2-14-11(7-12)8-15(21-14)16(20)18-13-9-19-5-3-10(13)4-6-19;;/h1-2,7-8,10,13H,3-6,9,17H2,(H,18,20);2*1H. The van der Waals surface area contributed by atoms with Crippen LogP contribution in [0.25, 0.3) is 10.1 Å². The molecule has 1 aromatic heterocycles. The van der Waals surface area contributed by atoms with Crippen LogP contribution < -0.4 is 11.1 Å². The van der Waals surface area contributed by atoms with Gasteiger partial charge in [-0.2, -0.15) is 0 Å². The summed E-state index contributed by atoms with van der Waals surface area (Å²) in [6.45, 7) is 3.40. The molecule has 3 aliphatic rings. The summed E-state index contributed by atoms with van der Waals surface area (Å²) in [6.07, 6.45) is 2.43. The summed E-state index contributed by atoms with van der Waals surface area (Å²) in [5.41, 5.74) is 6.54. The molecule has 1 atom stereocenters. The van der Waals surface area contributed by atoms with Crippen molar-refractivity contribution in [2.75, 3.05) is 25.4 Å². The molecule has 3 saturated heterocycles. The first kappa shape index (κ1) is 18.3. The molecule has 1 amide bonds. The van der Waals surface area contributed by atoms with Crippen LogP contribution in [0.3, 0.4) is 0 Å². The van der Waals surface area contributed by atoms with Crippen molar-refractivity contribution in [1.82, 2.24) is 10.2 Å². The van der Waals surface area contributed by atoms with E-state index >= 15 is 0 Å². The van der Waals surface area contributed by atoms with Crippen LogP contribution in [0.1, 0.15) is 22.5 Å². The number of nitrogens with zero attached hydrogens (tertiary/aromatic N) is 1. The van der Waals surface area contributed by atoms with Crippen molar-refractivity contribution in [2.24, 2.45) is 5.92 Å². The van der Waals surface area contributed by atoms with Crippen LogP contribution >= 0.6 is 36.2 Å². The first-order valence-corrected chi connectivity index (χ1v) is 8.33. The largest absolute Gasteiger partial charge is 0.399 e. The Morgan fingerprint density at radius 2 is 1.96 bits per heavy atom. The first-order valence-electron chi connectivity index (χ1n) is 7.51. The fraction of sp³-hybridized carbons (Fsp3) is 0.438. The lowest BCUT2D eigenvalue weighted by molar-refractivity contribution is 0.0622. The lowest BCUT2D eigenvalue weighted by Gasteiger charge is -2.44. The maximum atomic E-state index is 12.5. The Balaban J connectivity index is 0.000000960. The second-order valence-corrected chi connectivity index (χ2v) is 7.21. The molecule has 2 aromatic rings. The van der Waals surface area contributed by atoms with Gasteiger partial charge in [-0.05, 0) is 61.5 Å². The van der Waals surface area contributed by atoms with Crippen molar-refractivity contribution in [3.63, 3.8) is 0 Å². The van der Waals surface area contributed by atoms with Gasteiger partial charge in [0.05, 0.1) is 4.88 Å². The maximum absolute atomic E-state index is 12.5. The first-order chi connectivity index (χ1) is 10.2. The number of amides is 1. The number of anilines is 1. The quantitative estimate of drug-likeness (QED) is 0.794. The fourth-order valence-corrected chi connectivity index (χ4v) is 4.49. The van der Waals surface area contributed by atoms with E-state index in [-0.39, 0.29) is 30.7 Å².